The maximum atomic E-state index is 12.2. The molecule has 5 heteroatoms. The number of hydrogen-bond donors (Lipinski definition) is 2. The molecule has 0 spiro atoms. The number of carbonyl (C=O) groups excluding carboxylic acids is 1. The number of likely N-dealkylation sites (tertiary alicyclic amines) is 1. The number of nitrogens with zero attached hydrogens (tertiary/aromatic N) is 1. The fourth-order valence-electron chi connectivity index (χ4n) is 2.09. The van der Waals surface area contributed by atoms with Gasteiger partial charge in [-0.05, 0) is 39.5 Å². The van der Waals surface area contributed by atoms with Crippen LogP contribution in [0.3, 0.4) is 0 Å². The van der Waals surface area contributed by atoms with Crippen molar-refractivity contribution in [1.29, 1.82) is 0 Å². The normalized spacial score (nSPS) is 20.1. The van der Waals surface area contributed by atoms with Crippen LogP contribution in [0.15, 0.2) is 0 Å². The summed E-state index contributed by atoms with van der Waals surface area (Å²) < 4.78 is 0. The molecule has 1 aliphatic heterocycles. The van der Waals surface area contributed by atoms with Gasteiger partial charge in [0, 0.05) is 13.1 Å². The summed E-state index contributed by atoms with van der Waals surface area (Å²) in [5, 5.41) is 9.51. The van der Waals surface area contributed by atoms with Crippen LogP contribution in [0.4, 0.5) is 0 Å². The van der Waals surface area contributed by atoms with Crippen LogP contribution in [0.25, 0.3) is 0 Å². The quantitative estimate of drug-likeness (QED) is 0.739. The first-order valence-corrected chi connectivity index (χ1v) is 6.45. The van der Waals surface area contributed by atoms with Gasteiger partial charge >= 0.3 is 0 Å². The Balaban J connectivity index is 2.60. The summed E-state index contributed by atoms with van der Waals surface area (Å²) >= 11 is 4.93. The number of carbonyl (C=O) groups is 1. The molecule has 0 aromatic heterocycles. The predicted molar refractivity (Wildman–Crippen MR) is 71.6 cm³/mol. The molecule has 0 aromatic rings. The molecule has 0 aromatic carbocycles. The van der Waals surface area contributed by atoms with Crippen molar-refractivity contribution in [2.24, 2.45) is 17.1 Å². The van der Waals surface area contributed by atoms with Gasteiger partial charge in [-0.1, -0.05) is 12.2 Å². The highest BCUT2D eigenvalue weighted by Gasteiger charge is 2.36. The van der Waals surface area contributed by atoms with Gasteiger partial charge in [-0.3, -0.25) is 4.79 Å². The van der Waals surface area contributed by atoms with Crippen LogP contribution in [0, 0.1) is 11.3 Å². The number of nitrogens with two attached hydrogens (primary N) is 1. The summed E-state index contributed by atoms with van der Waals surface area (Å²) in [6.07, 6.45) is 1.39. The van der Waals surface area contributed by atoms with Crippen LogP contribution in [0.5, 0.6) is 0 Å². The topological polar surface area (TPSA) is 66.6 Å². The third kappa shape index (κ3) is 3.16. The molecule has 0 saturated carbocycles. The Kier molecular flexibility index (Phi) is 4.49. The molecule has 1 fully saturated rings. The van der Waals surface area contributed by atoms with E-state index in [0.717, 1.165) is 12.8 Å². The van der Waals surface area contributed by atoms with Gasteiger partial charge < -0.3 is 15.7 Å². The van der Waals surface area contributed by atoms with Crippen molar-refractivity contribution in [1.82, 2.24) is 4.90 Å². The number of amides is 1. The molecule has 0 aliphatic carbocycles. The van der Waals surface area contributed by atoms with Crippen molar-refractivity contribution < 1.29 is 9.90 Å². The number of hydrogen-bond acceptors (Lipinski definition) is 3. The highest BCUT2D eigenvalue weighted by Crippen LogP contribution is 2.25. The van der Waals surface area contributed by atoms with Gasteiger partial charge in [0.15, 0.2) is 0 Å². The lowest BCUT2D eigenvalue weighted by Gasteiger charge is -2.37. The molecule has 1 amide bonds. The monoisotopic (exact) mass is 258 g/mol. The standard InChI is InChI=1S/C12H22N2O2S/c1-8(15)9-4-6-14(7-5-9)11(16)12(2,3)10(13)17/h8-9,15H,4-7H2,1-3H3,(H2,13,17). The lowest BCUT2D eigenvalue weighted by atomic mass is 9.88. The molecule has 1 unspecified atom stereocenters. The van der Waals surface area contributed by atoms with Crippen LogP contribution in [0.2, 0.25) is 0 Å². The Morgan fingerprint density at radius 3 is 2.29 bits per heavy atom. The second-order valence-corrected chi connectivity index (χ2v) is 5.80. The van der Waals surface area contributed by atoms with Crippen molar-refractivity contribution in [3.05, 3.63) is 0 Å². The molecule has 3 N–H and O–H groups in total. The second-order valence-electron chi connectivity index (χ2n) is 5.36. The first-order valence-electron chi connectivity index (χ1n) is 6.04. The van der Waals surface area contributed by atoms with Crippen molar-refractivity contribution in [2.75, 3.05) is 13.1 Å². The molecule has 17 heavy (non-hydrogen) atoms. The zero-order chi connectivity index (χ0) is 13.2. The van der Waals surface area contributed by atoms with Gasteiger partial charge in [0.25, 0.3) is 0 Å². The second kappa shape index (κ2) is 5.31. The van der Waals surface area contributed by atoms with Gasteiger partial charge in [0.2, 0.25) is 5.91 Å². The molecule has 98 valence electrons. The molecular weight excluding hydrogens is 236 g/mol. The van der Waals surface area contributed by atoms with E-state index in [-0.39, 0.29) is 17.0 Å². The summed E-state index contributed by atoms with van der Waals surface area (Å²) in [6, 6.07) is 0. The van der Waals surface area contributed by atoms with E-state index in [1.54, 1.807) is 25.7 Å². The van der Waals surface area contributed by atoms with Gasteiger partial charge in [-0.2, -0.15) is 0 Å². The van der Waals surface area contributed by atoms with Crippen LogP contribution >= 0.6 is 12.2 Å². The minimum Gasteiger partial charge on any atom is -0.393 e. The first kappa shape index (κ1) is 14.4. The minimum atomic E-state index is -0.771. The Bertz CT molecular complexity index is 308. The summed E-state index contributed by atoms with van der Waals surface area (Å²) in [5.41, 5.74) is 4.83. The maximum absolute atomic E-state index is 12.2. The summed E-state index contributed by atoms with van der Waals surface area (Å²) in [5.74, 6) is 0.293. The molecule has 1 heterocycles. The Morgan fingerprint density at radius 2 is 1.94 bits per heavy atom. The summed E-state index contributed by atoms with van der Waals surface area (Å²) in [7, 11) is 0. The van der Waals surface area contributed by atoms with E-state index in [4.69, 9.17) is 18.0 Å². The van der Waals surface area contributed by atoms with Gasteiger partial charge in [0.05, 0.1) is 16.5 Å². The summed E-state index contributed by atoms with van der Waals surface area (Å²) in [6.45, 7) is 6.69. The number of aliphatic hydroxyl groups excluding tert-OH is 1. The SMILES string of the molecule is CC(O)C1CCN(C(=O)C(C)(C)C(N)=S)CC1. The number of thiocarbonyl (C=S) groups is 1. The lowest BCUT2D eigenvalue weighted by molar-refractivity contribution is -0.138. The molecule has 1 rings (SSSR count). The number of aliphatic hydroxyl groups is 1. The third-order valence-electron chi connectivity index (χ3n) is 3.66. The highest BCUT2D eigenvalue weighted by molar-refractivity contribution is 7.80. The van der Waals surface area contributed by atoms with E-state index < -0.39 is 5.41 Å². The smallest absolute Gasteiger partial charge is 0.235 e. The van der Waals surface area contributed by atoms with Crippen LogP contribution in [0.1, 0.15) is 33.6 Å². The summed E-state index contributed by atoms with van der Waals surface area (Å²) in [4.78, 5) is 14.3. The van der Waals surface area contributed by atoms with E-state index in [1.165, 1.54) is 0 Å². The van der Waals surface area contributed by atoms with Crippen molar-refractivity contribution in [3.8, 4) is 0 Å². The Morgan fingerprint density at radius 1 is 1.47 bits per heavy atom. The van der Waals surface area contributed by atoms with Gasteiger partial charge in [-0.15, -0.1) is 0 Å². The van der Waals surface area contributed by atoms with Crippen LogP contribution in [-0.4, -0.2) is 40.1 Å². The van der Waals surface area contributed by atoms with Gasteiger partial charge in [-0.25, -0.2) is 0 Å². The first-order chi connectivity index (χ1) is 7.76. The maximum Gasteiger partial charge on any atom is 0.235 e. The lowest BCUT2D eigenvalue weighted by Crippen LogP contribution is -2.50. The Hall–Kier alpha value is -0.680. The van der Waals surface area contributed by atoms with Gasteiger partial charge in [0.1, 0.15) is 0 Å². The molecule has 0 bridgehead atoms. The van der Waals surface area contributed by atoms with E-state index in [1.807, 2.05) is 0 Å². The average molecular weight is 258 g/mol. The zero-order valence-corrected chi connectivity index (χ0v) is 11.6. The Labute approximate surface area is 108 Å². The van der Waals surface area contributed by atoms with E-state index in [2.05, 4.69) is 0 Å². The van der Waals surface area contributed by atoms with Crippen LogP contribution in [-0.2, 0) is 4.79 Å². The average Bonchev–Trinajstić information content (AvgIpc) is 2.27. The minimum absolute atomic E-state index is 0.00552. The fraction of sp³-hybridized carbons (Fsp3) is 0.833. The van der Waals surface area contributed by atoms with E-state index in [9.17, 15) is 9.90 Å². The highest BCUT2D eigenvalue weighted by atomic mass is 32.1. The number of piperidine rings is 1. The number of rotatable bonds is 3. The van der Waals surface area contributed by atoms with Crippen molar-refractivity contribution in [3.63, 3.8) is 0 Å². The van der Waals surface area contributed by atoms with E-state index >= 15 is 0 Å². The molecule has 1 saturated heterocycles. The fourth-order valence-corrected chi connectivity index (χ4v) is 2.17. The van der Waals surface area contributed by atoms with Crippen LogP contribution < -0.4 is 5.73 Å². The zero-order valence-electron chi connectivity index (χ0n) is 10.8. The molecule has 1 atom stereocenters. The van der Waals surface area contributed by atoms with E-state index in [0.29, 0.717) is 19.0 Å². The molecule has 0 radical (unpaired) electrons. The predicted octanol–water partition coefficient (Wildman–Crippen LogP) is 0.918. The van der Waals surface area contributed by atoms with Crippen molar-refractivity contribution >= 4 is 23.1 Å². The third-order valence-corrected chi connectivity index (χ3v) is 4.17. The molecule has 1 aliphatic rings. The molecule has 4 nitrogen and oxygen atoms in total. The van der Waals surface area contributed by atoms with Crippen molar-refractivity contribution in [2.45, 2.75) is 39.7 Å². The molecular formula is C12H22N2O2S. The largest absolute Gasteiger partial charge is 0.393 e.